The molecule has 1 aromatic carbocycles. The van der Waals surface area contributed by atoms with Gasteiger partial charge in [-0.2, -0.15) is 8.78 Å². The lowest BCUT2D eigenvalue weighted by atomic mass is 10.0. The van der Waals surface area contributed by atoms with Crippen LogP contribution in [0.4, 0.5) is 13.6 Å². The molecule has 0 bridgehead atoms. The van der Waals surface area contributed by atoms with E-state index >= 15 is 0 Å². The van der Waals surface area contributed by atoms with E-state index in [1.807, 2.05) is 6.92 Å². The summed E-state index contributed by atoms with van der Waals surface area (Å²) in [6.07, 6.45) is 7.40. The quantitative estimate of drug-likeness (QED) is 0.724. The minimum atomic E-state index is -2.86. The highest BCUT2D eigenvalue weighted by molar-refractivity contribution is 5.74. The molecule has 5 nitrogen and oxygen atoms in total. The Kier molecular flexibility index (Phi) is 7.48. The van der Waals surface area contributed by atoms with E-state index in [0.717, 1.165) is 37.4 Å². The van der Waals surface area contributed by atoms with E-state index in [4.69, 9.17) is 0 Å². The molecule has 0 radical (unpaired) electrons. The molecular formula is C21H31F2N3O2. The average molecular weight is 395 g/mol. The van der Waals surface area contributed by atoms with Gasteiger partial charge in [-0.15, -0.1) is 0 Å². The standard InChI is InChI=1S/C21H31F2N3O2/c1-15(17-7-4-8-19(13-17)28-20(22)23)24-21(27)25-18-9-11-26(12-10-18)14-16-5-2-3-6-16/h4,7-8,13,15-16,18,20H,2-3,5-6,9-12,14H2,1H3,(H2,24,25,27)/t15-/m0/s1. The first kappa shape index (κ1) is 20.8. The Labute approximate surface area is 165 Å². The van der Waals surface area contributed by atoms with Crippen molar-refractivity contribution in [1.29, 1.82) is 0 Å². The molecule has 0 spiro atoms. The topological polar surface area (TPSA) is 53.6 Å². The molecule has 28 heavy (non-hydrogen) atoms. The summed E-state index contributed by atoms with van der Waals surface area (Å²) in [4.78, 5) is 14.9. The van der Waals surface area contributed by atoms with E-state index in [2.05, 4.69) is 20.3 Å². The van der Waals surface area contributed by atoms with Crippen LogP contribution in [0.1, 0.15) is 57.1 Å². The maximum absolute atomic E-state index is 12.4. The van der Waals surface area contributed by atoms with Crippen molar-refractivity contribution in [2.24, 2.45) is 5.92 Å². The number of carbonyl (C=O) groups is 1. The number of piperidine rings is 1. The lowest BCUT2D eigenvalue weighted by molar-refractivity contribution is -0.0499. The fourth-order valence-electron chi connectivity index (χ4n) is 4.29. The first-order valence-corrected chi connectivity index (χ1v) is 10.3. The zero-order valence-electron chi connectivity index (χ0n) is 16.5. The number of halogens is 2. The number of amides is 2. The third kappa shape index (κ3) is 6.33. The lowest BCUT2D eigenvalue weighted by Gasteiger charge is -2.34. The number of alkyl halides is 2. The van der Waals surface area contributed by atoms with Gasteiger partial charge in [-0.25, -0.2) is 4.79 Å². The van der Waals surface area contributed by atoms with Gasteiger partial charge in [-0.3, -0.25) is 0 Å². The second-order valence-electron chi connectivity index (χ2n) is 8.02. The molecule has 1 aliphatic heterocycles. The van der Waals surface area contributed by atoms with Gasteiger partial charge in [0, 0.05) is 25.7 Å². The zero-order valence-corrected chi connectivity index (χ0v) is 16.5. The third-order valence-electron chi connectivity index (χ3n) is 5.84. The maximum Gasteiger partial charge on any atom is 0.387 e. The molecule has 3 rings (SSSR count). The molecule has 1 aliphatic carbocycles. The predicted octanol–water partition coefficient (Wildman–Crippen LogP) is 4.30. The highest BCUT2D eigenvalue weighted by Crippen LogP contribution is 2.26. The Bertz CT molecular complexity index is 630. The summed E-state index contributed by atoms with van der Waals surface area (Å²) in [5.41, 5.74) is 0.722. The summed E-state index contributed by atoms with van der Waals surface area (Å²) in [6, 6.07) is 6.08. The van der Waals surface area contributed by atoms with Gasteiger partial charge in [-0.1, -0.05) is 25.0 Å². The molecule has 7 heteroatoms. The number of hydrogen-bond acceptors (Lipinski definition) is 3. The van der Waals surface area contributed by atoms with E-state index in [-0.39, 0.29) is 23.9 Å². The normalized spacial score (nSPS) is 20.3. The van der Waals surface area contributed by atoms with Crippen LogP contribution in [0.2, 0.25) is 0 Å². The van der Waals surface area contributed by atoms with Crippen molar-refractivity contribution in [3.8, 4) is 5.75 Å². The molecule has 1 atom stereocenters. The number of urea groups is 1. The van der Waals surface area contributed by atoms with Crippen LogP contribution in [-0.2, 0) is 0 Å². The molecule has 1 aromatic rings. The van der Waals surface area contributed by atoms with Crippen molar-refractivity contribution in [2.75, 3.05) is 19.6 Å². The molecular weight excluding hydrogens is 364 g/mol. The molecule has 2 amide bonds. The van der Waals surface area contributed by atoms with Gasteiger partial charge >= 0.3 is 12.6 Å². The first-order valence-electron chi connectivity index (χ1n) is 10.3. The van der Waals surface area contributed by atoms with Crippen molar-refractivity contribution in [3.05, 3.63) is 29.8 Å². The van der Waals surface area contributed by atoms with E-state index in [1.165, 1.54) is 44.4 Å². The predicted molar refractivity (Wildman–Crippen MR) is 105 cm³/mol. The van der Waals surface area contributed by atoms with Gasteiger partial charge in [0.15, 0.2) is 0 Å². The van der Waals surface area contributed by atoms with Crippen LogP contribution in [0, 0.1) is 5.92 Å². The smallest absolute Gasteiger partial charge is 0.387 e. The summed E-state index contributed by atoms with van der Waals surface area (Å²) in [5, 5.41) is 5.94. The van der Waals surface area contributed by atoms with Gasteiger partial charge in [0.05, 0.1) is 6.04 Å². The number of nitrogens with one attached hydrogen (secondary N) is 2. The van der Waals surface area contributed by atoms with Crippen LogP contribution < -0.4 is 15.4 Å². The van der Waals surface area contributed by atoms with Gasteiger partial charge < -0.3 is 20.3 Å². The number of rotatable bonds is 7. The van der Waals surface area contributed by atoms with E-state index < -0.39 is 6.61 Å². The Morgan fingerprint density at radius 2 is 1.93 bits per heavy atom. The molecule has 0 aromatic heterocycles. The van der Waals surface area contributed by atoms with Gasteiger partial charge in [0.1, 0.15) is 5.75 Å². The SMILES string of the molecule is C[C@H](NC(=O)NC1CCN(CC2CCCC2)CC1)c1cccc(OC(F)F)c1. The van der Waals surface area contributed by atoms with Crippen LogP contribution >= 0.6 is 0 Å². The van der Waals surface area contributed by atoms with Gasteiger partial charge in [0.25, 0.3) is 0 Å². The molecule has 156 valence electrons. The molecule has 2 aliphatic rings. The second-order valence-corrected chi connectivity index (χ2v) is 8.02. The maximum atomic E-state index is 12.4. The largest absolute Gasteiger partial charge is 0.435 e. The van der Waals surface area contributed by atoms with Crippen molar-refractivity contribution >= 4 is 6.03 Å². The van der Waals surface area contributed by atoms with E-state index in [1.54, 1.807) is 12.1 Å². The summed E-state index contributed by atoms with van der Waals surface area (Å²) in [7, 11) is 0. The fraction of sp³-hybridized carbons (Fsp3) is 0.667. The van der Waals surface area contributed by atoms with E-state index in [0.29, 0.717) is 0 Å². The van der Waals surface area contributed by atoms with Crippen molar-refractivity contribution in [2.45, 2.75) is 64.1 Å². The Balaban J connectivity index is 1.40. The van der Waals surface area contributed by atoms with Crippen LogP contribution in [0.15, 0.2) is 24.3 Å². The number of nitrogens with zero attached hydrogens (tertiary/aromatic N) is 1. The van der Waals surface area contributed by atoms with Crippen LogP contribution in [0.5, 0.6) is 5.75 Å². The second kappa shape index (κ2) is 10.0. The van der Waals surface area contributed by atoms with Crippen LogP contribution in [0.25, 0.3) is 0 Å². The number of likely N-dealkylation sites (tertiary alicyclic amines) is 1. The lowest BCUT2D eigenvalue weighted by Crippen LogP contribution is -2.48. The fourth-order valence-corrected chi connectivity index (χ4v) is 4.29. The molecule has 2 N–H and O–H groups in total. The van der Waals surface area contributed by atoms with Gasteiger partial charge in [-0.05, 0) is 56.2 Å². The minimum Gasteiger partial charge on any atom is -0.435 e. The van der Waals surface area contributed by atoms with Crippen LogP contribution in [-0.4, -0.2) is 43.2 Å². The molecule has 1 saturated heterocycles. The van der Waals surface area contributed by atoms with Crippen molar-refractivity contribution < 1.29 is 18.3 Å². The first-order chi connectivity index (χ1) is 13.5. The minimum absolute atomic E-state index is 0.0937. The third-order valence-corrected chi connectivity index (χ3v) is 5.84. The summed E-state index contributed by atoms with van der Waals surface area (Å²) in [6.45, 7) is 2.23. The van der Waals surface area contributed by atoms with Gasteiger partial charge in [0.2, 0.25) is 0 Å². The molecule has 2 fully saturated rings. The highest BCUT2D eigenvalue weighted by Gasteiger charge is 2.24. The summed E-state index contributed by atoms with van der Waals surface area (Å²) < 4.78 is 29.1. The number of ether oxygens (including phenoxy) is 1. The van der Waals surface area contributed by atoms with Crippen molar-refractivity contribution in [1.82, 2.24) is 15.5 Å². The summed E-state index contributed by atoms with van der Waals surface area (Å²) in [5.74, 6) is 0.953. The zero-order chi connectivity index (χ0) is 19.9. The number of carbonyl (C=O) groups excluding carboxylic acids is 1. The molecule has 1 saturated carbocycles. The Morgan fingerprint density at radius 1 is 1.21 bits per heavy atom. The van der Waals surface area contributed by atoms with E-state index in [9.17, 15) is 13.6 Å². The highest BCUT2D eigenvalue weighted by atomic mass is 19.3. The van der Waals surface area contributed by atoms with Crippen molar-refractivity contribution in [3.63, 3.8) is 0 Å². The molecule has 1 heterocycles. The number of benzene rings is 1. The Morgan fingerprint density at radius 3 is 2.61 bits per heavy atom. The summed E-state index contributed by atoms with van der Waals surface area (Å²) >= 11 is 0. The monoisotopic (exact) mass is 395 g/mol. The Hall–Kier alpha value is -1.89. The van der Waals surface area contributed by atoms with Crippen LogP contribution in [0.3, 0.4) is 0 Å². The number of hydrogen-bond donors (Lipinski definition) is 2. The average Bonchev–Trinajstić information content (AvgIpc) is 3.16. The molecule has 0 unspecified atom stereocenters.